The summed E-state index contributed by atoms with van der Waals surface area (Å²) in [4.78, 5) is 27.2. The van der Waals surface area contributed by atoms with Gasteiger partial charge >= 0.3 is 0 Å². The van der Waals surface area contributed by atoms with Gasteiger partial charge in [0.15, 0.2) is 17.3 Å². The highest BCUT2D eigenvalue weighted by Crippen LogP contribution is 2.35. The van der Waals surface area contributed by atoms with Gasteiger partial charge in [-0.3, -0.25) is 9.59 Å². The molecule has 104 valence electrons. The molecule has 0 radical (unpaired) electrons. The number of carbonyl (C=O) groups is 2. The third-order valence-corrected chi connectivity index (χ3v) is 3.45. The number of aromatic nitrogens is 1. The maximum Gasteiger partial charge on any atom is 0.268 e. The van der Waals surface area contributed by atoms with Gasteiger partial charge in [-0.1, -0.05) is 0 Å². The third kappa shape index (κ3) is 1.72. The average molecular weight is 274 g/mol. The predicted molar refractivity (Wildman–Crippen MR) is 72.7 cm³/mol. The molecule has 1 aromatic heterocycles. The smallest absolute Gasteiger partial charge is 0.268 e. The molecule has 3 rings (SSSR count). The van der Waals surface area contributed by atoms with Crippen molar-refractivity contribution < 1.29 is 19.1 Å². The first-order valence-corrected chi connectivity index (χ1v) is 6.24. The molecule has 6 nitrogen and oxygen atoms in total. The van der Waals surface area contributed by atoms with Gasteiger partial charge in [0.1, 0.15) is 5.69 Å². The molecule has 1 aromatic carbocycles. The number of H-pyrrole nitrogens is 1. The summed E-state index contributed by atoms with van der Waals surface area (Å²) < 4.78 is 10.5. The minimum Gasteiger partial charge on any atom is -0.493 e. The number of fused-ring (bicyclic) bond motifs is 3. The van der Waals surface area contributed by atoms with Crippen molar-refractivity contribution in [1.82, 2.24) is 10.3 Å². The van der Waals surface area contributed by atoms with Crippen molar-refractivity contribution in [2.45, 2.75) is 6.42 Å². The lowest BCUT2D eigenvalue weighted by atomic mass is 10.0. The first kappa shape index (κ1) is 12.5. The SMILES string of the molecule is COc1cc2[nH]c3c(c2cc1OC)C(=O)CCNC3=O. The summed E-state index contributed by atoms with van der Waals surface area (Å²) in [6, 6.07) is 3.45. The van der Waals surface area contributed by atoms with Crippen molar-refractivity contribution in [3.05, 3.63) is 23.4 Å². The van der Waals surface area contributed by atoms with E-state index in [1.807, 2.05) is 0 Å². The van der Waals surface area contributed by atoms with E-state index < -0.39 is 0 Å². The number of carbonyl (C=O) groups excluding carboxylic acids is 2. The Balaban J connectivity index is 2.33. The van der Waals surface area contributed by atoms with Gasteiger partial charge in [-0.25, -0.2) is 0 Å². The molecule has 0 fully saturated rings. The zero-order valence-corrected chi connectivity index (χ0v) is 11.2. The van der Waals surface area contributed by atoms with Gasteiger partial charge in [0, 0.05) is 24.4 Å². The van der Waals surface area contributed by atoms with Crippen molar-refractivity contribution >= 4 is 22.6 Å². The summed E-state index contributed by atoms with van der Waals surface area (Å²) in [5.74, 6) is 0.750. The molecule has 0 spiro atoms. The Hall–Kier alpha value is -2.50. The average Bonchev–Trinajstić information content (AvgIpc) is 2.77. The Kier molecular flexibility index (Phi) is 2.85. The number of Topliss-reactive ketones (excluding diaryl/α,β-unsaturated/α-hetero) is 1. The standard InChI is InChI=1S/C14H14N2O4/c1-19-10-5-7-8(6-11(10)20-2)16-13-12(7)9(17)3-4-15-14(13)18/h5-6,16H,3-4H2,1-2H3,(H,15,18). The van der Waals surface area contributed by atoms with E-state index in [9.17, 15) is 9.59 Å². The summed E-state index contributed by atoms with van der Waals surface area (Å²) in [6.07, 6.45) is 0.292. The lowest BCUT2D eigenvalue weighted by Crippen LogP contribution is -2.23. The monoisotopic (exact) mass is 274 g/mol. The summed E-state index contributed by atoms with van der Waals surface area (Å²) in [6.45, 7) is 0.356. The van der Waals surface area contributed by atoms with Crippen molar-refractivity contribution in [2.75, 3.05) is 20.8 Å². The molecule has 6 heteroatoms. The molecule has 20 heavy (non-hydrogen) atoms. The molecule has 0 unspecified atom stereocenters. The van der Waals surface area contributed by atoms with Gasteiger partial charge in [0.2, 0.25) is 0 Å². The van der Waals surface area contributed by atoms with Crippen molar-refractivity contribution in [2.24, 2.45) is 0 Å². The minimum atomic E-state index is -0.264. The van der Waals surface area contributed by atoms with Gasteiger partial charge in [-0.15, -0.1) is 0 Å². The van der Waals surface area contributed by atoms with E-state index in [0.717, 1.165) is 0 Å². The molecule has 0 atom stereocenters. The molecule has 2 aromatic rings. The zero-order valence-electron chi connectivity index (χ0n) is 11.2. The second-order valence-electron chi connectivity index (χ2n) is 4.56. The highest BCUT2D eigenvalue weighted by Gasteiger charge is 2.26. The molecule has 0 saturated carbocycles. The highest BCUT2D eigenvalue weighted by atomic mass is 16.5. The number of hydrogen-bond acceptors (Lipinski definition) is 4. The van der Waals surface area contributed by atoms with E-state index in [4.69, 9.17) is 9.47 Å². The number of aromatic amines is 1. The molecule has 1 aliphatic heterocycles. The van der Waals surface area contributed by atoms with Gasteiger partial charge < -0.3 is 19.8 Å². The van der Waals surface area contributed by atoms with E-state index in [2.05, 4.69) is 10.3 Å². The molecule has 1 aliphatic rings. The number of methoxy groups -OCH3 is 2. The summed E-state index contributed by atoms with van der Waals surface area (Å²) in [5, 5.41) is 3.38. The van der Waals surface area contributed by atoms with Crippen LogP contribution >= 0.6 is 0 Å². The summed E-state index contributed by atoms with van der Waals surface area (Å²) >= 11 is 0. The second kappa shape index (κ2) is 4.56. The van der Waals surface area contributed by atoms with E-state index in [-0.39, 0.29) is 11.7 Å². The maximum atomic E-state index is 12.2. The van der Waals surface area contributed by atoms with E-state index >= 15 is 0 Å². The van der Waals surface area contributed by atoms with Gasteiger partial charge in [-0.05, 0) is 6.07 Å². The quantitative estimate of drug-likeness (QED) is 0.869. The van der Waals surface area contributed by atoms with Gasteiger partial charge in [-0.2, -0.15) is 0 Å². The molecule has 1 amide bonds. The molecule has 0 aliphatic carbocycles. The van der Waals surface area contributed by atoms with Crippen LogP contribution in [-0.4, -0.2) is 37.4 Å². The number of amides is 1. The Bertz CT molecular complexity index is 718. The van der Waals surface area contributed by atoms with Crippen LogP contribution in [-0.2, 0) is 0 Å². The fourth-order valence-corrected chi connectivity index (χ4v) is 2.48. The first-order chi connectivity index (χ1) is 9.65. The zero-order chi connectivity index (χ0) is 14.3. The lowest BCUT2D eigenvalue weighted by Gasteiger charge is -2.07. The third-order valence-electron chi connectivity index (χ3n) is 3.45. The van der Waals surface area contributed by atoms with Crippen molar-refractivity contribution in [1.29, 1.82) is 0 Å². The second-order valence-corrected chi connectivity index (χ2v) is 4.56. The highest BCUT2D eigenvalue weighted by molar-refractivity contribution is 6.17. The van der Waals surface area contributed by atoms with Crippen LogP contribution in [0.2, 0.25) is 0 Å². The van der Waals surface area contributed by atoms with Crippen LogP contribution in [0, 0.1) is 0 Å². The Morgan fingerprint density at radius 1 is 1.10 bits per heavy atom. The first-order valence-electron chi connectivity index (χ1n) is 6.24. The van der Waals surface area contributed by atoms with Crippen LogP contribution in [0.15, 0.2) is 12.1 Å². The van der Waals surface area contributed by atoms with Crippen LogP contribution in [0.5, 0.6) is 11.5 Å². The van der Waals surface area contributed by atoms with Crippen LogP contribution in [0.4, 0.5) is 0 Å². The van der Waals surface area contributed by atoms with Crippen LogP contribution in [0.25, 0.3) is 10.9 Å². The fourth-order valence-electron chi connectivity index (χ4n) is 2.48. The molecule has 0 saturated heterocycles. The van der Waals surface area contributed by atoms with Crippen LogP contribution in [0.1, 0.15) is 27.3 Å². The Morgan fingerprint density at radius 3 is 2.50 bits per heavy atom. The summed E-state index contributed by atoms with van der Waals surface area (Å²) in [7, 11) is 3.07. The Labute approximate surface area is 115 Å². The molecule has 0 bridgehead atoms. The number of ether oxygens (including phenoxy) is 2. The molecular weight excluding hydrogens is 260 g/mol. The number of ketones is 1. The largest absolute Gasteiger partial charge is 0.493 e. The maximum absolute atomic E-state index is 12.2. The number of benzene rings is 1. The topological polar surface area (TPSA) is 80.4 Å². The Morgan fingerprint density at radius 2 is 1.80 bits per heavy atom. The van der Waals surface area contributed by atoms with E-state index in [1.165, 1.54) is 14.2 Å². The summed E-state index contributed by atoms with van der Waals surface area (Å²) in [5.41, 5.74) is 1.41. The van der Waals surface area contributed by atoms with Gasteiger partial charge in [0.05, 0.1) is 25.3 Å². The number of rotatable bonds is 2. The minimum absolute atomic E-state index is 0.0585. The van der Waals surface area contributed by atoms with Crippen molar-refractivity contribution in [3.63, 3.8) is 0 Å². The molecule has 2 N–H and O–H groups in total. The van der Waals surface area contributed by atoms with Crippen molar-refractivity contribution in [3.8, 4) is 11.5 Å². The lowest BCUT2D eigenvalue weighted by molar-refractivity contribution is 0.0952. The predicted octanol–water partition coefficient (Wildman–Crippen LogP) is 1.50. The van der Waals surface area contributed by atoms with Gasteiger partial charge in [0.25, 0.3) is 5.91 Å². The molecule has 2 heterocycles. The fraction of sp³-hybridized carbons (Fsp3) is 0.286. The van der Waals surface area contributed by atoms with Crippen LogP contribution < -0.4 is 14.8 Å². The normalized spacial score (nSPS) is 14.7. The molecular formula is C14H14N2O4. The number of nitrogens with one attached hydrogen (secondary N) is 2. The van der Waals surface area contributed by atoms with E-state index in [1.54, 1.807) is 12.1 Å². The van der Waals surface area contributed by atoms with E-state index in [0.29, 0.717) is 46.6 Å². The number of hydrogen-bond donors (Lipinski definition) is 2. The van der Waals surface area contributed by atoms with Crippen LogP contribution in [0.3, 0.4) is 0 Å².